The van der Waals surface area contributed by atoms with Gasteiger partial charge in [0.2, 0.25) is 5.91 Å². The van der Waals surface area contributed by atoms with Gasteiger partial charge in [-0.25, -0.2) is 4.98 Å². The van der Waals surface area contributed by atoms with Gasteiger partial charge in [0.05, 0.1) is 17.8 Å². The summed E-state index contributed by atoms with van der Waals surface area (Å²) in [6.07, 6.45) is 9.36. The van der Waals surface area contributed by atoms with Gasteiger partial charge in [-0.05, 0) is 23.8 Å². The molecule has 0 saturated heterocycles. The molecule has 1 amide bonds. The van der Waals surface area contributed by atoms with Crippen LogP contribution in [0.2, 0.25) is 0 Å². The summed E-state index contributed by atoms with van der Waals surface area (Å²) in [5, 5.41) is 0. The SMILES string of the molecule is CN1C(=O)CSc2cc(/C=C/n3ccnc3)ccc21. The average molecular weight is 271 g/mol. The maximum Gasteiger partial charge on any atom is 0.237 e. The maximum absolute atomic E-state index is 11.6. The summed E-state index contributed by atoms with van der Waals surface area (Å²) in [7, 11) is 1.82. The molecule has 4 nitrogen and oxygen atoms in total. The summed E-state index contributed by atoms with van der Waals surface area (Å²) in [6.45, 7) is 0. The Labute approximate surface area is 115 Å². The van der Waals surface area contributed by atoms with Crippen LogP contribution in [0.25, 0.3) is 12.3 Å². The molecule has 0 unspecified atom stereocenters. The Morgan fingerprint density at radius 1 is 1.42 bits per heavy atom. The first-order valence-electron chi connectivity index (χ1n) is 5.93. The molecule has 0 bridgehead atoms. The van der Waals surface area contributed by atoms with Gasteiger partial charge in [0, 0.05) is 30.5 Å². The molecule has 19 heavy (non-hydrogen) atoms. The lowest BCUT2D eigenvalue weighted by Crippen LogP contribution is -2.31. The second kappa shape index (κ2) is 4.93. The van der Waals surface area contributed by atoms with Crippen LogP contribution >= 0.6 is 11.8 Å². The highest BCUT2D eigenvalue weighted by Crippen LogP contribution is 2.35. The van der Waals surface area contributed by atoms with E-state index in [-0.39, 0.29) is 5.91 Å². The van der Waals surface area contributed by atoms with Crippen molar-refractivity contribution in [2.75, 3.05) is 17.7 Å². The summed E-state index contributed by atoms with van der Waals surface area (Å²) < 4.78 is 1.89. The molecule has 1 aliphatic heterocycles. The number of carbonyl (C=O) groups is 1. The molecule has 1 aromatic carbocycles. The van der Waals surface area contributed by atoms with Crippen LogP contribution in [-0.2, 0) is 4.79 Å². The lowest BCUT2D eigenvalue weighted by molar-refractivity contribution is -0.116. The second-order valence-electron chi connectivity index (χ2n) is 4.29. The molecule has 96 valence electrons. The minimum Gasteiger partial charge on any atom is -0.314 e. The molecular weight excluding hydrogens is 258 g/mol. The molecule has 0 atom stereocenters. The van der Waals surface area contributed by atoms with Crippen molar-refractivity contribution in [3.8, 4) is 0 Å². The van der Waals surface area contributed by atoms with Crippen molar-refractivity contribution in [1.82, 2.24) is 9.55 Å². The van der Waals surface area contributed by atoms with Crippen LogP contribution in [0, 0.1) is 0 Å². The predicted octanol–water partition coefficient (Wildman–Crippen LogP) is 2.58. The fourth-order valence-electron chi connectivity index (χ4n) is 1.93. The van der Waals surface area contributed by atoms with Gasteiger partial charge < -0.3 is 9.47 Å². The van der Waals surface area contributed by atoms with E-state index in [1.807, 2.05) is 42.2 Å². The fraction of sp³-hybridized carbons (Fsp3) is 0.143. The van der Waals surface area contributed by atoms with Gasteiger partial charge in [0.25, 0.3) is 0 Å². The van der Waals surface area contributed by atoms with E-state index in [1.165, 1.54) is 0 Å². The maximum atomic E-state index is 11.6. The van der Waals surface area contributed by atoms with Gasteiger partial charge in [-0.15, -0.1) is 11.8 Å². The van der Waals surface area contributed by atoms with Crippen molar-refractivity contribution in [3.63, 3.8) is 0 Å². The molecule has 1 aromatic heterocycles. The van der Waals surface area contributed by atoms with Crippen molar-refractivity contribution in [3.05, 3.63) is 42.5 Å². The lowest BCUT2D eigenvalue weighted by atomic mass is 10.2. The standard InChI is InChI=1S/C14H13N3OS/c1-16-12-3-2-11(4-6-17-7-5-15-10-17)8-13(12)19-9-14(16)18/h2-8,10H,9H2,1H3/b6-4+. The van der Waals surface area contributed by atoms with Crippen LogP contribution < -0.4 is 4.90 Å². The van der Waals surface area contributed by atoms with Gasteiger partial charge in [-0.3, -0.25) is 4.79 Å². The number of benzene rings is 1. The van der Waals surface area contributed by atoms with E-state index >= 15 is 0 Å². The van der Waals surface area contributed by atoms with Crippen molar-refractivity contribution < 1.29 is 4.79 Å². The van der Waals surface area contributed by atoms with Crippen molar-refractivity contribution in [2.24, 2.45) is 0 Å². The van der Waals surface area contributed by atoms with E-state index in [1.54, 1.807) is 29.2 Å². The predicted molar refractivity (Wildman–Crippen MR) is 78.0 cm³/mol. The zero-order valence-electron chi connectivity index (χ0n) is 10.5. The summed E-state index contributed by atoms with van der Waals surface area (Å²) in [4.78, 5) is 18.5. The Morgan fingerprint density at radius 3 is 3.11 bits per heavy atom. The van der Waals surface area contributed by atoms with Crippen LogP contribution in [-0.4, -0.2) is 28.3 Å². The molecule has 2 aromatic rings. The Morgan fingerprint density at radius 2 is 2.32 bits per heavy atom. The van der Waals surface area contributed by atoms with Gasteiger partial charge in [-0.1, -0.05) is 6.07 Å². The van der Waals surface area contributed by atoms with Crippen LogP contribution in [0.1, 0.15) is 5.56 Å². The molecule has 0 spiro atoms. The summed E-state index contributed by atoms with van der Waals surface area (Å²) in [5.41, 5.74) is 2.10. The zero-order valence-corrected chi connectivity index (χ0v) is 11.3. The molecule has 2 heterocycles. The Balaban J connectivity index is 1.88. The number of anilines is 1. The molecule has 5 heteroatoms. The lowest BCUT2D eigenvalue weighted by Gasteiger charge is -2.25. The van der Waals surface area contributed by atoms with Crippen molar-refractivity contribution in [1.29, 1.82) is 0 Å². The highest BCUT2D eigenvalue weighted by molar-refractivity contribution is 8.00. The first-order valence-corrected chi connectivity index (χ1v) is 6.91. The van der Waals surface area contributed by atoms with Crippen molar-refractivity contribution >= 4 is 35.6 Å². The van der Waals surface area contributed by atoms with Gasteiger partial charge >= 0.3 is 0 Å². The van der Waals surface area contributed by atoms with Gasteiger partial charge in [0.1, 0.15) is 0 Å². The molecule has 0 saturated carbocycles. The Bertz CT molecular complexity index is 634. The minimum absolute atomic E-state index is 0.152. The number of rotatable bonds is 2. The topological polar surface area (TPSA) is 38.1 Å². The molecule has 0 aliphatic carbocycles. The van der Waals surface area contributed by atoms with E-state index in [0.717, 1.165) is 16.1 Å². The first kappa shape index (κ1) is 12.0. The third kappa shape index (κ3) is 2.42. The van der Waals surface area contributed by atoms with Gasteiger partial charge in [-0.2, -0.15) is 0 Å². The molecule has 0 N–H and O–H groups in total. The summed E-state index contributed by atoms with van der Waals surface area (Å²) in [6, 6.07) is 6.12. The number of carbonyl (C=O) groups excluding carboxylic acids is 1. The number of nitrogens with zero attached hydrogens (tertiary/aromatic N) is 3. The number of amides is 1. The first-order chi connectivity index (χ1) is 9.24. The van der Waals surface area contributed by atoms with Crippen molar-refractivity contribution in [2.45, 2.75) is 4.90 Å². The van der Waals surface area contributed by atoms with E-state index in [2.05, 4.69) is 11.1 Å². The molecule has 0 radical (unpaired) electrons. The summed E-state index contributed by atoms with van der Waals surface area (Å²) >= 11 is 1.59. The van der Waals surface area contributed by atoms with E-state index in [9.17, 15) is 4.79 Å². The number of thioether (sulfide) groups is 1. The number of hydrogen-bond donors (Lipinski definition) is 0. The molecule has 1 aliphatic rings. The highest BCUT2D eigenvalue weighted by Gasteiger charge is 2.20. The smallest absolute Gasteiger partial charge is 0.237 e. The van der Waals surface area contributed by atoms with E-state index in [0.29, 0.717) is 5.75 Å². The number of hydrogen-bond acceptors (Lipinski definition) is 3. The third-order valence-electron chi connectivity index (χ3n) is 3.03. The number of fused-ring (bicyclic) bond motifs is 1. The van der Waals surface area contributed by atoms with Gasteiger partial charge in [0.15, 0.2) is 0 Å². The van der Waals surface area contributed by atoms with Crippen LogP contribution in [0.4, 0.5) is 5.69 Å². The van der Waals surface area contributed by atoms with Crippen LogP contribution in [0.3, 0.4) is 0 Å². The summed E-state index contributed by atoms with van der Waals surface area (Å²) in [5.74, 6) is 0.664. The Kier molecular flexibility index (Phi) is 3.13. The molecular formula is C14H13N3OS. The molecule has 3 rings (SSSR count). The molecule has 0 fully saturated rings. The minimum atomic E-state index is 0.152. The number of imidazole rings is 1. The highest BCUT2D eigenvalue weighted by atomic mass is 32.2. The fourth-order valence-corrected chi connectivity index (χ4v) is 2.97. The quantitative estimate of drug-likeness (QED) is 0.842. The Hall–Kier alpha value is -2.01. The zero-order chi connectivity index (χ0) is 13.2. The van der Waals surface area contributed by atoms with E-state index < -0.39 is 0 Å². The second-order valence-corrected chi connectivity index (χ2v) is 5.31. The third-order valence-corrected chi connectivity index (χ3v) is 4.06. The monoisotopic (exact) mass is 271 g/mol. The average Bonchev–Trinajstić information content (AvgIpc) is 2.94. The van der Waals surface area contributed by atoms with E-state index in [4.69, 9.17) is 0 Å². The normalized spacial score (nSPS) is 15.0. The largest absolute Gasteiger partial charge is 0.314 e. The van der Waals surface area contributed by atoms with Crippen LogP contribution in [0.15, 0.2) is 41.8 Å². The number of aromatic nitrogens is 2. The van der Waals surface area contributed by atoms with Crippen LogP contribution in [0.5, 0.6) is 0 Å².